The van der Waals surface area contributed by atoms with Crippen LogP contribution in [-0.4, -0.2) is 23.6 Å². The Hall–Kier alpha value is -1.49. The summed E-state index contributed by atoms with van der Waals surface area (Å²) in [5.74, 6) is 1.29. The molecule has 5 nitrogen and oxygen atoms in total. The number of nitrogens with two attached hydrogens (primary N) is 1. The van der Waals surface area contributed by atoms with Gasteiger partial charge in [-0.3, -0.25) is 0 Å². The number of oxime groups is 1. The summed E-state index contributed by atoms with van der Waals surface area (Å²) in [6.07, 6.45) is 4.44. The van der Waals surface area contributed by atoms with Gasteiger partial charge in [0.1, 0.15) is 11.6 Å². The molecule has 1 aromatic heterocycles. The maximum Gasteiger partial charge on any atom is 0.144 e. The summed E-state index contributed by atoms with van der Waals surface area (Å²) in [5, 5.41) is 15.2. The molecule has 1 aromatic rings. The topological polar surface area (TPSA) is 83.8 Å². The molecule has 0 aliphatic rings. The minimum Gasteiger partial charge on any atom is -0.469 e. The molecular formula is C14H25N3O2. The first-order valence-electron chi connectivity index (χ1n) is 6.69. The van der Waals surface area contributed by atoms with Gasteiger partial charge in [0.25, 0.3) is 0 Å². The van der Waals surface area contributed by atoms with Gasteiger partial charge in [0.2, 0.25) is 0 Å². The predicted octanol–water partition coefficient (Wildman–Crippen LogP) is 2.35. The zero-order valence-electron chi connectivity index (χ0n) is 12.0. The molecule has 0 spiro atoms. The second-order valence-electron chi connectivity index (χ2n) is 5.61. The smallest absolute Gasteiger partial charge is 0.144 e. The van der Waals surface area contributed by atoms with Gasteiger partial charge in [-0.25, -0.2) is 0 Å². The second-order valence-corrected chi connectivity index (χ2v) is 5.61. The van der Waals surface area contributed by atoms with E-state index in [9.17, 15) is 0 Å². The Morgan fingerprint density at radius 2 is 2.32 bits per heavy atom. The molecule has 0 fully saturated rings. The van der Waals surface area contributed by atoms with E-state index in [0.717, 1.165) is 31.6 Å². The van der Waals surface area contributed by atoms with Crippen LogP contribution in [0.1, 0.15) is 39.4 Å². The lowest BCUT2D eigenvalue weighted by molar-refractivity contribution is 0.304. The van der Waals surface area contributed by atoms with Crippen LogP contribution < -0.4 is 11.1 Å². The second kappa shape index (κ2) is 7.19. The first kappa shape index (κ1) is 15.6. The van der Waals surface area contributed by atoms with Crippen molar-refractivity contribution in [2.24, 2.45) is 16.3 Å². The van der Waals surface area contributed by atoms with Gasteiger partial charge < -0.3 is 20.7 Å². The number of nitrogens with zero attached hydrogens (tertiary/aromatic N) is 1. The van der Waals surface area contributed by atoms with Gasteiger partial charge in [0.05, 0.1) is 6.26 Å². The lowest BCUT2D eigenvalue weighted by Gasteiger charge is -2.23. The standard InChI is InChI=1S/C14H25N3O2/c1-11(10-12-6-4-9-19-12)16-8-5-7-14(2,3)13(15)17-18/h4,6,9,11,16,18H,5,7-8,10H2,1-3H3,(H2,15,17). The zero-order chi connectivity index (χ0) is 14.3. The number of furan rings is 1. The summed E-state index contributed by atoms with van der Waals surface area (Å²) in [7, 11) is 0. The Kier molecular flexibility index (Phi) is 5.89. The highest BCUT2D eigenvalue weighted by Gasteiger charge is 2.22. The van der Waals surface area contributed by atoms with Crippen LogP contribution in [0, 0.1) is 5.41 Å². The van der Waals surface area contributed by atoms with Crippen LogP contribution in [0.4, 0.5) is 0 Å². The Labute approximate surface area is 114 Å². The number of rotatable bonds is 8. The van der Waals surface area contributed by atoms with E-state index in [1.54, 1.807) is 6.26 Å². The summed E-state index contributed by atoms with van der Waals surface area (Å²) in [6.45, 7) is 7.00. The molecule has 19 heavy (non-hydrogen) atoms. The summed E-state index contributed by atoms with van der Waals surface area (Å²) in [4.78, 5) is 0. The molecule has 1 atom stereocenters. The fourth-order valence-corrected chi connectivity index (χ4v) is 1.94. The van der Waals surface area contributed by atoms with Gasteiger partial charge in [-0.1, -0.05) is 19.0 Å². The van der Waals surface area contributed by atoms with Crippen molar-refractivity contribution in [3.63, 3.8) is 0 Å². The highest BCUT2D eigenvalue weighted by molar-refractivity contribution is 5.85. The molecule has 1 rings (SSSR count). The third-order valence-electron chi connectivity index (χ3n) is 3.36. The fourth-order valence-electron chi connectivity index (χ4n) is 1.94. The molecule has 0 saturated heterocycles. The molecular weight excluding hydrogens is 242 g/mol. The third-order valence-corrected chi connectivity index (χ3v) is 3.36. The number of nitrogens with one attached hydrogen (secondary N) is 1. The summed E-state index contributed by atoms with van der Waals surface area (Å²) in [5.41, 5.74) is 5.39. The monoisotopic (exact) mass is 267 g/mol. The molecule has 0 amide bonds. The summed E-state index contributed by atoms with van der Waals surface area (Å²) >= 11 is 0. The van der Waals surface area contributed by atoms with Crippen molar-refractivity contribution in [2.45, 2.75) is 46.1 Å². The van der Waals surface area contributed by atoms with Crippen LogP contribution in [0.5, 0.6) is 0 Å². The molecule has 0 saturated carbocycles. The minimum atomic E-state index is -0.263. The van der Waals surface area contributed by atoms with E-state index in [0.29, 0.717) is 6.04 Å². The van der Waals surface area contributed by atoms with Crippen molar-refractivity contribution in [1.29, 1.82) is 0 Å². The van der Waals surface area contributed by atoms with Crippen LogP contribution in [0.2, 0.25) is 0 Å². The van der Waals surface area contributed by atoms with E-state index in [-0.39, 0.29) is 11.3 Å². The average Bonchev–Trinajstić information content (AvgIpc) is 2.86. The SMILES string of the molecule is CC(Cc1ccco1)NCCCC(C)(C)C(N)=NO. The highest BCUT2D eigenvalue weighted by atomic mass is 16.4. The minimum absolute atomic E-state index is 0.263. The highest BCUT2D eigenvalue weighted by Crippen LogP contribution is 2.21. The quantitative estimate of drug-likeness (QED) is 0.222. The molecule has 0 aliphatic heterocycles. The van der Waals surface area contributed by atoms with Gasteiger partial charge in [0, 0.05) is 17.9 Å². The predicted molar refractivity (Wildman–Crippen MR) is 76.3 cm³/mol. The van der Waals surface area contributed by atoms with E-state index in [1.807, 2.05) is 26.0 Å². The lowest BCUT2D eigenvalue weighted by atomic mass is 9.86. The normalized spacial score (nSPS) is 14.6. The largest absolute Gasteiger partial charge is 0.469 e. The van der Waals surface area contributed by atoms with E-state index >= 15 is 0 Å². The maximum atomic E-state index is 8.70. The van der Waals surface area contributed by atoms with Crippen LogP contribution in [0.3, 0.4) is 0 Å². The lowest BCUT2D eigenvalue weighted by Crippen LogP contribution is -2.34. The van der Waals surface area contributed by atoms with Crippen LogP contribution in [0.25, 0.3) is 0 Å². The van der Waals surface area contributed by atoms with Gasteiger partial charge in [-0.2, -0.15) is 0 Å². The van der Waals surface area contributed by atoms with Gasteiger partial charge in [-0.15, -0.1) is 0 Å². The Morgan fingerprint density at radius 1 is 1.58 bits per heavy atom. The van der Waals surface area contributed by atoms with E-state index in [2.05, 4.69) is 17.4 Å². The van der Waals surface area contributed by atoms with E-state index in [4.69, 9.17) is 15.4 Å². The van der Waals surface area contributed by atoms with Gasteiger partial charge in [-0.05, 0) is 38.4 Å². The van der Waals surface area contributed by atoms with Gasteiger partial charge >= 0.3 is 0 Å². The van der Waals surface area contributed by atoms with Crippen molar-refractivity contribution >= 4 is 5.84 Å². The molecule has 1 unspecified atom stereocenters. The average molecular weight is 267 g/mol. The third kappa shape index (κ3) is 5.34. The Morgan fingerprint density at radius 3 is 2.89 bits per heavy atom. The molecule has 0 aliphatic carbocycles. The van der Waals surface area contributed by atoms with Crippen LogP contribution >= 0.6 is 0 Å². The fraction of sp³-hybridized carbons (Fsp3) is 0.643. The van der Waals surface area contributed by atoms with Gasteiger partial charge in [0.15, 0.2) is 0 Å². The molecule has 1 heterocycles. The Bertz CT molecular complexity index is 385. The van der Waals surface area contributed by atoms with Crippen LogP contribution in [0.15, 0.2) is 28.0 Å². The van der Waals surface area contributed by atoms with E-state index < -0.39 is 0 Å². The van der Waals surface area contributed by atoms with E-state index in [1.165, 1.54) is 0 Å². The zero-order valence-corrected chi connectivity index (χ0v) is 12.0. The van der Waals surface area contributed by atoms with Crippen molar-refractivity contribution in [1.82, 2.24) is 5.32 Å². The maximum absolute atomic E-state index is 8.70. The van der Waals surface area contributed by atoms with Crippen molar-refractivity contribution < 1.29 is 9.62 Å². The summed E-state index contributed by atoms with van der Waals surface area (Å²) in [6, 6.07) is 4.26. The molecule has 0 bridgehead atoms. The van der Waals surface area contributed by atoms with Crippen molar-refractivity contribution in [3.05, 3.63) is 24.2 Å². The molecule has 0 aromatic carbocycles. The molecule has 4 N–H and O–H groups in total. The summed E-state index contributed by atoms with van der Waals surface area (Å²) < 4.78 is 5.31. The Balaban J connectivity index is 2.20. The molecule has 5 heteroatoms. The van der Waals surface area contributed by atoms with Crippen LogP contribution in [-0.2, 0) is 6.42 Å². The number of hydrogen-bond donors (Lipinski definition) is 3. The van der Waals surface area contributed by atoms with Crippen molar-refractivity contribution in [2.75, 3.05) is 6.54 Å². The molecule has 0 radical (unpaired) electrons. The first-order chi connectivity index (χ1) is 8.95. The molecule has 108 valence electrons. The first-order valence-corrected chi connectivity index (χ1v) is 6.69. The number of amidine groups is 1. The van der Waals surface area contributed by atoms with Crippen molar-refractivity contribution in [3.8, 4) is 0 Å². The number of hydrogen-bond acceptors (Lipinski definition) is 4.